The number of hydrogen-bond acceptors (Lipinski definition) is 6. The second-order valence-corrected chi connectivity index (χ2v) is 7.39. The number of carbonyl (C=O) groups excluding carboxylic acids is 2. The molecule has 2 aromatic rings. The van der Waals surface area contributed by atoms with Gasteiger partial charge in [0.2, 0.25) is 0 Å². The van der Waals surface area contributed by atoms with Gasteiger partial charge in [-0.05, 0) is 55.9 Å². The maximum absolute atomic E-state index is 13.0. The summed E-state index contributed by atoms with van der Waals surface area (Å²) in [7, 11) is 1.53. The molecule has 1 aromatic heterocycles. The molecule has 164 valence electrons. The quantitative estimate of drug-likeness (QED) is 0.379. The number of likely N-dealkylation sites (tertiary alicyclic amines) is 1. The first kappa shape index (κ1) is 22.5. The molecule has 3 rings (SSSR count). The van der Waals surface area contributed by atoms with Gasteiger partial charge in [0.05, 0.1) is 18.7 Å². The molecule has 1 amide bonds. The topological polar surface area (TPSA) is 83.0 Å². The molecule has 1 aromatic carbocycles. The largest absolute Gasteiger partial charge is 0.507 e. The monoisotopic (exact) mass is 423 g/mol. The summed E-state index contributed by atoms with van der Waals surface area (Å²) in [5, 5.41) is 11.1. The van der Waals surface area contributed by atoms with Crippen molar-refractivity contribution in [3.05, 3.63) is 65.5 Å². The van der Waals surface area contributed by atoms with Gasteiger partial charge < -0.3 is 19.6 Å². The molecule has 1 fully saturated rings. The fourth-order valence-corrected chi connectivity index (χ4v) is 3.93. The Labute approximate surface area is 183 Å². The molecule has 31 heavy (non-hydrogen) atoms. The summed E-state index contributed by atoms with van der Waals surface area (Å²) in [6, 6.07) is 9.70. The molecule has 0 aliphatic carbocycles. The molecule has 0 spiro atoms. The minimum Gasteiger partial charge on any atom is -0.507 e. The molecule has 0 bridgehead atoms. The second kappa shape index (κ2) is 10.2. The van der Waals surface area contributed by atoms with E-state index >= 15 is 0 Å². The van der Waals surface area contributed by atoms with E-state index in [1.54, 1.807) is 53.7 Å². The number of hydrogen-bond donors (Lipinski definition) is 1. The van der Waals surface area contributed by atoms with E-state index in [1.165, 1.54) is 7.11 Å². The van der Waals surface area contributed by atoms with Crippen LogP contribution < -0.4 is 4.74 Å². The summed E-state index contributed by atoms with van der Waals surface area (Å²) in [5.41, 5.74) is 1.26. The van der Waals surface area contributed by atoms with Gasteiger partial charge in [0.25, 0.3) is 11.7 Å². The van der Waals surface area contributed by atoms with Crippen molar-refractivity contribution < 1.29 is 19.4 Å². The predicted molar refractivity (Wildman–Crippen MR) is 119 cm³/mol. The average Bonchev–Trinajstić information content (AvgIpc) is 3.07. The fourth-order valence-electron chi connectivity index (χ4n) is 3.93. The Morgan fingerprint density at radius 3 is 2.52 bits per heavy atom. The van der Waals surface area contributed by atoms with Crippen molar-refractivity contribution in [1.82, 2.24) is 14.8 Å². The number of methoxy groups -OCH3 is 1. The number of benzene rings is 1. The van der Waals surface area contributed by atoms with Crippen LogP contribution in [0.25, 0.3) is 5.76 Å². The zero-order valence-electron chi connectivity index (χ0n) is 18.2. The third kappa shape index (κ3) is 4.77. The van der Waals surface area contributed by atoms with E-state index in [4.69, 9.17) is 4.74 Å². The van der Waals surface area contributed by atoms with Gasteiger partial charge in [0, 0.05) is 24.5 Å². The number of pyridine rings is 1. The summed E-state index contributed by atoms with van der Waals surface area (Å²) < 4.78 is 5.24. The number of ether oxygens (including phenoxy) is 1. The van der Waals surface area contributed by atoms with E-state index < -0.39 is 17.7 Å². The van der Waals surface area contributed by atoms with Crippen molar-refractivity contribution in [2.45, 2.75) is 26.3 Å². The standard InChI is InChI=1S/C24H29N3O4/c1-4-26(5-2)14-7-15-27-21(17-10-12-25-13-11-17)20(23(29)24(27)30)22(28)18-8-6-9-19(16-18)31-3/h6,8-13,16,21,28H,4-5,7,14-15H2,1-3H3/b22-20+/t21-/m1/s1. The van der Waals surface area contributed by atoms with Crippen molar-refractivity contribution in [2.75, 3.05) is 33.3 Å². The number of rotatable bonds is 9. The van der Waals surface area contributed by atoms with E-state index in [9.17, 15) is 14.7 Å². The smallest absolute Gasteiger partial charge is 0.295 e. The lowest BCUT2D eigenvalue weighted by molar-refractivity contribution is -0.140. The van der Waals surface area contributed by atoms with Crippen molar-refractivity contribution in [3.63, 3.8) is 0 Å². The van der Waals surface area contributed by atoms with E-state index in [0.717, 1.165) is 31.6 Å². The minimum atomic E-state index is -0.676. The highest BCUT2D eigenvalue weighted by Crippen LogP contribution is 2.39. The van der Waals surface area contributed by atoms with E-state index in [-0.39, 0.29) is 11.3 Å². The third-order valence-corrected chi connectivity index (χ3v) is 5.67. The molecule has 0 saturated carbocycles. The lowest BCUT2D eigenvalue weighted by Crippen LogP contribution is -2.33. The van der Waals surface area contributed by atoms with Crippen LogP contribution in [0.5, 0.6) is 5.75 Å². The summed E-state index contributed by atoms with van der Waals surface area (Å²) in [4.78, 5) is 33.8. The Morgan fingerprint density at radius 1 is 1.16 bits per heavy atom. The third-order valence-electron chi connectivity index (χ3n) is 5.67. The Morgan fingerprint density at radius 2 is 1.87 bits per heavy atom. The number of aromatic nitrogens is 1. The van der Waals surface area contributed by atoms with E-state index in [2.05, 4.69) is 23.7 Å². The van der Waals surface area contributed by atoms with E-state index in [0.29, 0.717) is 17.9 Å². The van der Waals surface area contributed by atoms with Gasteiger partial charge in [-0.15, -0.1) is 0 Å². The van der Waals surface area contributed by atoms with Gasteiger partial charge in [0.15, 0.2) is 0 Å². The highest BCUT2D eigenvalue weighted by atomic mass is 16.5. The zero-order chi connectivity index (χ0) is 22.4. The Hall–Kier alpha value is -3.19. The van der Waals surface area contributed by atoms with Crippen LogP contribution in [-0.2, 0) is 9.59 Å². The highest BCUT2D eigenvalue weighted by Gasteiger charge is 2.45. The average molecular weight is 424 g/mol. The van der Waals surface area contributed by atoms with E-state index in [1.807, 2.05) is 0 Å². The van der Waals surface area contributed by atoms with Crippen LogP contribution >= 0.6 is 0 Å². The first-order chi connectivity index (χ1) is 15.0. The molecule has 1 aliphatic heterocycles. The van der Waals surface area contributed by atoms with Crippen molar-refractivity contribution in [2.24, 2.45) is 0 Å². The number of nitrogens with zero attached hydrogens (tertiary/aromatic N) is 3. The zero-order valence-corrected chi connectivity index (χ0v) is 18.2. The SMILES string of the molecule is CCN(CC)CCCN1C(=O)C(=O)/C(=C(/O)c2cccc(OC)c2)[C@H]1c1ccncc1. The molecular weight excluding hydrogens is 394 g/mol. The summed E-state index contributed by atoms with van der Waals surface area (Å²) in [6.07, 6.45) is 3.98. The molecule has 0 unspecified atom stereocenters. The van der Waals surface area contributed by atoms with Gasteiger partial charge in [-0.1, -0.05) is 26.0 Å². The summed E-state index contributed by atoms with van der Waals surface area (Å²) in [6.45, 7) is 7.30. The van der Waals surface area contributed by atoms with Gasteiger partial charge in [-0.25, -0.2) is 0 Å². The van der Waals surface area contributed by atoms with Crippen LogP contribution in [0.15, 0.2) is 54.4 Å². The molecule has 7 nitrogen and oxygen atoms in total. The first-order valence-electron chi connectivity index (χ1n) is 10.6. The molecule has 7 heteroatoms. The molecule has 1 N–H and O–H groups in total. The fraction of sp³-hybridized carbons (Fsp3) is 0.375. The number of aliphatic hydroxyl groups excluding tert-OH is 1. The van der Waals surface area contributed by atoms with Crippen molar-refractivity contribution in [1.29, 1.82) is 0 Å². The van der Waals surface area contributed by atoms with Crippen LogP contribution in [0.1, 0.15) is 37.4 Å². The molecule has 1 atom stereocenters. The minimum absolute atomic E-state index is 0.0901. The van der Waals surface area contributed by atoms with Crippen LogP contribution in [0.3, 0.4) is 0 Å². The highest BCUT2D eigenvalue weighted by molar-refractivity contribution is 6.46. The normalized spacial score (nSPS) is 18.1. The van der Waals surface area contributed by atoms with Crippen LogP contribution in [0.4, 0.5) is 0 Å². The van der Waals surface area contributed by atoms with Gasteiger partial charge >= 0.3 is 0 Å². The van der Waals surface area contributed by atoms with Crippen LogP contribution in [0.2, 0.25) is 0 Å². The Bertz CT molecular complexity index is 954. The second-order valence-electron chi connectivity index (χ2n) is 7.39. The summed E-state index contributed by atoms with van der Waals surface area (Å²) in [5.74, 6) is -0.918. The summed E-state index contributed by atoms with van der Waals surface area (Å²) >= 11 is 0. The molecular formula is C24H29N3O4. The maximum Gasteiger partial charge on any atom is 0.295 e. The first-order valence-corrected chi connectivity index (χ1v) is 10.6. The van der Waals surface area contributed by atoms with Gasteiger partial charge in [-0.2, -0.15) is 0 Å². The molecule has 2 heterocycles. The maximum atomic E-state index is 13.0. The molecule has 1 saturated heterocycles. The van der Waals surface area contributed by atoms with Crippen LogP contribution in [-0.4, -0.2) is 64.9 Å². The number of amides is 1. The van der Waals surface area contributed by atoms with Crippen molar-refractivity contribution >= 4 is 17.4 Å². The number of ketones is 1. The predicted octanol–water partition coefficient (Wildman–Crippen LogP) is 3.24. The van der Waals surface area contributed by atoms with Gasteiger partial charge in [-0.3, -0.25) is 14.6 Å². The van der Waals surface area contributed by atoms with Gasteiger partial charge in [0.1, 0.15) is 11.5 Å². The molecule has 0 radical (unpaired) electrons. The number of carbonyl (C=O) groups is 2. The van der Waals surface area contributed by atoms with Crippen molar-refractivity contribution in [3.8, 4) is 5.75 Å². The number of Topliss-reactive ketones (excluding diaryl/α,β-unsaturated/α-hetero) is 1. The Kier molecular flexibility index (Phi) is 7.41. The molecule has 1 aliphatic rings. The number of aliphatic hydroxyl groups is 1. The van der Waals surface area contributed by atoms with Crippen LogP contribution in [0, 0.1) is 0 Å². The lowest BCUT2D eigenvalue weighted by atomic mass is 9.96. The Balaban J connectivity index is 2.01. The lowest BCUT2D eigenvalue weighted by Gasteiger charge is -2.26.